The molecule has 0 saturated heterocycles. The zero-order chi connectivity index (χ0) is 17.4. The number of esters is 1. The van der Waals surface area contributed by atoms with E-state index in [4.69, 9.17) is 16.3 Å². The molecule has 0 amide bonds. The number of aromatic nitrogens is 2. The fourth-order valence-electron chi connectivity index (χ4n) is 2.33. The van der Waals surface area contributed by atoms with Gasteiger partial charge in [-0.3, -0.25) is 4.79 Å². The number of thioether (sulfide) groups is 1. The summed E-state index contributed by atoms with van der Waals surface area (Å²) in [4.78, 5) is 16.2. The number of halogens is 1. The first-order chi connectivity index (χ1) is 11.7. The summed E-state index contributed by atoms with van der Waals surface area (Å²) in [6.07, 6.45) is 3.92. The predicted octanol–water partition coefficient (Wildman–Crippen LogP) is 4.58. The second kappa shape index (κ2) is 9.74. The van der Waals surface area contributed by atoms with Gasteiger partial charge >= 0.3 is 5.97 Å². The normalized spacial score (nSPS) is 10.8. The summed E-state index contributed by atoms with van der Waals surface area (Å²) in [7, 11) is 0. The van der Waals surface area contributed by atoms with Crippen molar-refractivity contribution < 1.29 is 9.53 Å². The number of carbonyl (C=O) groups is 1. The highest BCUT2D eigenvalue weighted by molar-refractivity contribution is 7.99. The average molecular weight is 367 g/mol. The molecule has 0 unspecified atom stereocenters. The van der Waals surface area contributed by atoms with Crippen LogP contribution in [0.3, 0.4) is 0 Å². The molecule has 0 aliphatic heterocycles. The van der Waals surface area contributed by atoms with Crippen molar-refractivity contribution >= 4 is 29.3 Å². The van der Waals surface area contributed by atoms with Crippen molar-refractivity contribution in [3.8, 4) is 0 Å². The topological polar surface area (TPSA) is 44.1 Å². The van der Waals surface area contributed by atoms with Crippen molar-refractivity contribution in [2.24, 2.45) is 0 Å². The highest BCUT2D eigenvalue weighted by Gasteiger charge is 2.14. The van der Waals surface area contributed by atoms with Crippen LogP contribution in [0.2, 0.25) is 5.02 Å². The smallest absolute Gasteiger partial charge is 0.306 e. The zero-order valence-electron chi connectivity index (χ0n) is 14.1. The summed E-state index contributed by atoms with van der Waals surface area (Å²) < 4.78 is 7.17. The van der Waals surface area contributed by atoms with Crippen molar-refractivity contribution in [2.45, 2.75) is 44.8 Å². The first-order valence-electron chi connectivity index (χ1n) is 8.21. The van der Waals surface area contributed by atoms with Gasteiger partial charge in [0.25, 0.3) is 0 Å². The Hall–Kier alpha value is -1.46. The number of ether oxygens (including phenoxy) is 1. The summed E-state index contributed by atoms with van der Waals surface area (Å²) in [6, 6.07) is 7.82. The highest BCUT2D eigenvalue weighted by atomic mass is 35.5. The van der Waals surface area contributed by atoms with Gasteiger partial charge < -0.3 is 9.30 Å². The van der Waals surface area contributed by atoms with E-state index < -0.39 is 0 Å². The number of carbonyl (C=O) groups excluding carboxylic acids is 1. The molecule has 130 valence electrons. The minimum absolute atomic E-state index is 0.175. The van der Waals surface area contributed by atoms with Crippen LogP contribution >= 0.6 is 23.4 Å². The molecular weight excluding hydrogens is 344 g/mol. The predicted molar refractivity (Wildman–Crippen MR) is 98.8 cm³/mol. The molecule has 0 saturated carbocycles. The summed E-state index contributed by atoms with van der Waals surface area (Å²) >= 11 is 8.03. The van der Waals surface area contributed by atoms with Crippen molar-refractivity contribution in [1.29, 1.82) is 0 Å². The Labute approximate surface area is 152 Å². The molecule has 1 aromatic carbocycles. The number of benzene rings is 1. The Morgan fingerprint density at radius 3 is 2.83 bits per heavy atom. The molecule has 1 heterocycles. The molecule has 0 aliphatic carbocycles. The fraction of sp³-hybridized carbons (Fsp3) is 0.444. The molecule has 0 aliphatic rings. The average Bonchev–Trinajstić information content (AvgIpc) is 2.95. The molecule has 0 radical (unpaired) electrons. The Balaban J connectivity index is 2.19. The monoisotopic (exact) mass is 366 g/mol. The third kappa shape index (κ3) is 5.28. The first-order valence-corrected chi connectivity index (χ1v) is 9.58. The number of rotatable bonds is 9. The van der Waals surface area contributed by atoms with E-state index in [1.54, 1.807) is 11.8 Å². The van der Waals surface area contributed by atoms with Crippen molar-refractivity contribution in [3.63, 3.8) is 0 Å². The molecule has 4 nitrogen and oxygen atoms in total. The standard InChI is InChI=1S/C18H23ClN2O2S/c1-3-11-24-18-20-12-15(9-10-17(22)23-4-2)21(18)13-14-7-5-6-8-16(14)19/h5-8,12H,3-4,9-11,13H2,1-2H3. The lowest BCUT2D eigenvalue weighted by molar-refractivity contribution is -0.143. The largest absolute Gasteiger partial charge is 0.466 e. The minimum atomic E-state index is -0.175. The molecule has 0 N–H and O–H groups in total. The van der Waals surface area contributed by atoms with E-state index >= 15 is 0 Å². The molecule has 24 heavy (non-hydrogen) atoms. The Morgan fingerprint density at radius 1 is 1.33 bits per heavy atom. The van der Waals surface area contributed by atoms with Crippen molar-refractivity contribution in [3.05, 3.63) is 46.7 Å². The van der Waals surface area contributed by atoms with Gasteiger partial charge in [-0.2, -0.15) is 0 Å². The Morgan fingerprint density at radius 2 is 2.12 bits per heavy atom. The van der Waals surface area contributed by atoms with Crippen LogP contribution in [0.15, 0.2) is 35.6 Å². The lowest BCUT2D eigenvalue weighted by atomic mass is 10.2. The van der Waals surface area contributed by atoms with Gasteiger partial charge in [0.1, 0.15) is 0 Å². The van der Waals surface area contributed by atoms with Gasteiger partial charge in [0.2, 0.25) is 0 Å². The second-order valence-electron chi connectivity index (χ2n) is 5.36. The molecule has 0 atom stereocenters. The molecule has 0 spiro atoms. The van der Waals surface area contributed by atoms with Crippen LogP contribution in [0.1, 0.15) is 37.9 Å². The second-order valence-corrected chi connectivity index (χ2v) is 6.83. The van der Waals surface area contributed by atoms with Crippen molar-refractivity contribution in [2.75, 3.05) is 12.4 Å². The Kier molecular flexibility index (Phi) is 7.66. The van der Waals surface area contributed by atoms with Crippen LogP contribution in [-0.4, -0.2) is 27.9 Å². The fourth-order valence-corrected chi connectivity index (χ4v) is 3.38. The molecule has 2 rings (SSSR count). The lowest BCUT2D eigenvalue weighted by Gasteiger charge is -2.13. The first kappa shape index (κ1) is 18.9. The van der Waals surface area contributed by atoms with Gasteiger partial charge in [0.05, 0.1) is 19.6 Å². The third-order valence-corrected chi connectivity index (χ3v) is 5.08. The van der Waals surface area contributed by atoms with Gasteiger partial charge in [0.15, 0.2) is 5.16 Å². The molecule has 0 bridgehead atoms. The lowest BCUT2D eigenvalue weighted by Crippen LogP contribution is -2.10. The number of hydrogen-bond acceptors (Lipinski definition) is 4. The van der Waals surface area contributed by atoms with Gasteiger partial charge in [-0.05, 0) is 31.4 Å². The highest BCUT2D eigenvalue weighted by Crippen LogP contribution is 2.24. The van der Waals surface area contributed by atoms with E-state index in [1.165, 1.54) is 0 Å². The molecule has 1 aromatic heterocycles. The van der Waals surface area contributed by atoms with Crippen LogP contribution in [0, 0.1) is 0 Å². The summed E-state index contributed by atoms with van der Waals surface area (Å²) in [5.74, 6) is 0.836. The summed E-state index contributed by atoms with van der Waals surface area (Å²) in [5.41, 5.74) is 2.08. The van der Waals surface area contributed by atoms with Crippen molar-refractivity contribution in [1.82, 2.24) is 9.55 Å². The van der Waals surface area contributed by atoms with E-state index in [2.05, 4.69) is 16.5 Å². The number of nitrogens with zero attached hydrogens (tertiary/aromatic N) is 2. The van der Waals surface area contributed by atoms with Crippen LogP contribution < -0.4 is 0 Å². The van der Waals surface area contributed by atoms with Crippen LogP contribution in [0.25, 0.3) is 0 Å². The molecule has 6 heteroatoms. The number of hydrogen-bond donors (Lipinski definition) is 0. The van der Waals surface area contributed by atoms with Gasteiger partial charge in [-0.1, -0.05) is 48.5 Å². The summed E-state index contributed by atoms with van der Waals surface area (Å²) in [5, 5.41) is 1.71. The SMILES string of the molecule is CCCSc1ncc(CCC(=O)OCC)n1Cc1ccccc1Cl. The maximum atomic E-state index is 11.6. The van der Waals surface area contributed by atoms with Gasteiger partial charge in [-0.25, -0.2) is 4.98 Å². The van der Waals surface area contributed by atoms with E-state index in [9.17, 15) is 4.79 Å². The van der Waals surface area contributed by atoms with E-state index in [0.29, 0.717) is 26.0 Å². The molecule has 2 aromatic rings. The van der Waals surface area contributed by atoms with Gasteiger partial charge in [0, 0.05) is 22.7 Å². The summed E-state index contributed by atoms with van der Waals surface area (Å²) in [6.45, 7) is 5.04. The van der Waals surface area contributed by atoms with E-state index in [1.807, 2.05) is 37.4 Å². The quantitative estimate of drug-likeness (QED) is 0.481. The molecule has 0 fully saturated rings. The number of imidazole rings is 1. The maximum absolute atomic E-state index is 11.6. The van der Waals surface area contributed by atoms with Crippen LogP contribution in [-0.2, 0) is 22.5 Å². The molecular formula is C18H23ClN2O2S. The zero-order valence-corrected chi connectivity index (χ0v) is 15.7. The maximum Gasteiger partial charge on any atom is 0.306 e. The van der Waals surface area contributed by atoms with E-state index in [0.717, 1.165) is 33.6 Å². The van der Waals surface area contributed by atoms with E-state index in [-0.39, 0.29) is 5.97 Å². The minimum Gasteiger partial charge on any atom is -0.466 e. The third-order valence-electron chi connectivity index (χ3n) is 3.51. The number of aryl methyl sites for hydroxylation is 1. The van der Waals surface area contributed by atoms with Gasteiger partial charge in [-0.15, -0.1) is 0 Å². The Bertz CT molecular complexity index is 673. The van der Waals surface area contributed by atoms with Crippen LogP contribution in [0.4, 0.5) is 0 Å². The van der Waals surface area contributed by atoms with Crippen LogP contribution in [0.5, 0.6) is 0 Å².